The van der Waals surface area contributed by atoms with Crippen LogP contribution in [0, 0.1) is 0 Å². The molecule has 9 nitrogen and oxygen atoms in total. The number of rotatable bonds is 54. The molecule has 1 aliphatic heterocycles. The van der Waals surface area contributed by atoms with Crippen LogP contribution >= 0.6 is 0 Å². The van der Waals surface area contributed by atoms with Crippen LogP contribution < -0.4 is 5.32 Å². The summed E-state index contributed by atoms with van der Waals surface area (Å²) < 4.78 is 11.3. The third-order valence-electron chi connectivity index (χ3n) is 14.8. The molecule has 0 aromatic carbocycles. The van der Waals surface area contributed by atoms with E-state index in [0.29, 0.717) is 6.42 Å². The van der Waals surface area contributed by atoms with Crippen molar-refractivity contribution in [3.05, 3.63) is 60.8 Å². The molecule has 1 fully saturated rings. The molecule has 0 aromatic rings. The fourth-order valence-corrected chi connectivity index (χ4v) is 9.92. The Bertz CT molecular complexity index is 1350. The van der Waals surface area contributed by atoms with Gasteiger partial charge in [0.05, 0.1) is 25.4 Å². The van der Waals surface area contributed by atoms with E-state index >= 15 is 0 Å². The lowest BCUT2D eigenvalue weighted by Crippen LogP contribution is -2.60. The molecule has 1 amide bonds. The molecule has 1 heterocycles. The van der Waals surface area contributed by atoms with Crippen LogP contribution in [-0.4, -0.2) is 87.5 Å². The molecule has 0 bridgehead atoms. The Hall–Kier alpha value is -2.11. The smallest absolute Gasteiger partial charge is 0.220 e. The van der Waals surface area contributed by atoms with Crippen LogP contribution in [-0.2, 0) is 14.3 Å². The molecule has 0 spiro atoms. The van der Waals surface area contributed by atoms with E-state index in [1.807, 2.05) is 6.08 Å². The van der Waals surface area contributed by atoms with Gasteiger partial charge in [0.25, 0.3) is 0 Å². The van der Waals surface area contributed by atoms with Gasteiger partial charge < -0.3 is 40.3 Å². The van der Waals surface area contributed by atoms with Gasteiger partial charge in [-0.1, -0.05) is 286 Å². The van der Waals surface area contributed by atoms with Crippen molar-refractivity contribution in [2.24, 2.45) is 0 Å². The molecule has 1 aliphatic rings. The summed E-state index contributed by atoms with van der Waals surface area (Å²) in [5, 5.41) is 54.4. The van der Waals surface area contributed by atoms with Gasteiger partial charge in [-0.3, -0.25) is 4.79 Å². The second-order valence-corrected chi connectivity index (χ2v) is 21.8. The molecular formula is C65H119NO8. The number of carbonyl (C=O) groups is 1. The Balaban J connectivity index is 2.02. The minimum absolute atomic E-state index is 0.174. The highest BCUT2D eigenvalue weighted by Crippen LogP contribution is 2.23. The summed E-state index contributed by atoms with van der Waals surface area (Å²) >= 11 is 0. The van der Waals surface area contributed by atoms with E-state index in [1.54, 1.807) is 6.08 Å². The summed E-state index contributed by atoms with van der Waals surface area (Å²) in [6.07, 6.45) is 67.6. The molecule has 0 radical (unpaired) electrons. The Morgan fingerprint density at radius 2 is 0.838 bits per heavy atom. The lowest BCUT2D eigenvalue weighted by Gasteiger charge is -2.40. The van der Waals surface area contributed by atoms with E-state index in [9.17, 15) is 30.3 Å². The maximum Gasteiger partial charge on any atom is 0.220 e. The third-order valence-corrected chi connectivity index (χ3v) is 14.8. The Kier molecular flexibility index (Phi) is 51.3. The van der Waals surface area contributed by atoms with Crippen molar-refractivity contribution in [2.75, 3.05) is 13.2 Å². The number of nitrogens with one attached hydrogen (secondary N) is 1. The monoisotopic (exact) mass is 1040 g/mol. The van der Waals surface area contributed by atoms with Crippen LogP contribution in [0.4, 0.5) is 0 Å². The van der Waals surface area contributed by atoms with E-state index in [0.717, 1.165) is 64.2 Å². The predicted octanol–water partition coefficient (Wildman–Crippen LogP) is 16.2. The average molecular weight is 1040 g/mol. The zero-order valence-corrected chi connectivity index (χ0v) is 48.1. The first-order chi connectivity index (χ1) is 36.3. The Morgan fingerprint density at radius 3 is 1.24 bits per heavy atom. The van der Waals surface area contributed by atoms with Gasteiger partial charge in [-0.15, -0.1) is 0 Å². The number of allylic oxidation sites excluding steroid dienone is 9. The van der Waals surface area contributed by atoms with Crippen LogP contribution in [0.1, 0.15) is 290 Å². The summed E-state index contributed by atoms with van der Waals surface area (Å²) in [5.74, 6) is -0.174. The number of amides is 1. The average Bonchev–Trinajstić information content (AvgIpc) is 3.40. The largest absolute Gasteiger partial charge is 0.394 e. The highest BCUT2D eigenvalue weighted by Gasteiger charge is 2.44. The summed E-state index contributed by atoms with van der Waals surface area (Å²) in [4.78, 5) is 13.0. The predicted molar refractivity (Wildman–Crippen MR) is 313 cm³/mol. The molecule has 7 atom stereocenters. The number of ether oxygens (including phenoxy) is 2. The fourth-order valence-electron chi connectivity index (χ4n) is 9.92. The minimum Gasteiger partial charge on any atom is -0.394 e. The van der Waals surface area contributed by atoms with Crippen molar-refractivity contribution in [3.63, 3.8) is 0 Å². The van der Waals surface area contributed by atoms with E-state index in [-0.39, 0.29) is 12.5 Å². The lowest BCUT2D eigenvalue weighted by atomic mass is 9.99. The van der Waals surface area contributed by atoms with Crippen molar-refractivity contribution in [3.8, 4) is 0 Å². The van der Waals surface area contributed by atoms with Gasteiger partial charge in [0, 0.05) is 6.42 Å². The number of unbranched alkanes of at least 4 members (excludes halogenated alkanes) is 36. The van der Waals surface area contributed by atoms with E-state index < -0.39 is 49.5 Å². The van der Waals surface area contributed by atoms with Crippen LogP contribution in [0.25, 0.3) is 0 Å². The van der Waals surface area contributed by atoms with Crippen LogP contribution in [0.2, 0.25) is 0 Å². The van der Waals surface area contributed by atoms with Crippen molar-refractivity contribution < 1.29 is 39.8 Å². The quantitative estimate of drug-likeness (QED) is 0.0261. The van der Waals surface area contributed by atoms with Crippen molar-refractivity contribution in [1.82, 2.24) is 5.32 Å². The van der Waals surface area contributed by atoms with Crippen molar-refractivity contribution in [2.45, 2.75) is 333 Å². The van der Waals surface area contributed by atoms with Crippen LogP contribution in [0.3, 0.4) is 0 Å². The molecule has 432 valence electrons. The molecule has 0 aliphatic carbocycles. The molecule has 6 N–H and O–H groups in total. The molecule has 7 unspecified atom stereocenters. The van der Waals surface area contributed by atoms with Gasteiger partial charge in [0.2, 0.25) is 5.91 Å². The van der Waals surface area contributed by atoms with Gasteiger partial charge >= 0.3 is 0 Å². The van der Waals surface area contributed by atoms with Crippen molar-refractivity contribution >= 4 is 5.91 Å². The molecule has 9 heteroatoms. The molecular weight excluding hydrogens is 923 g/mol. The van der Waals surface area contributed by atoms with E-state index in [4.69, 9.17) is 9.47 Å². The second kappa shape index (κ2) is 54.3. The van der Waals surface area contributed by atoms with Gasteiger partial charge in [-0.05, 0) is 57.8 Å². The zero-order valence-electron chi connectivity index (χ0n) is 48.1. The van der Waals surface area contributed by atoms with Crippen LogP contribution in [0.5, 0.6) is 0 Å². The van der Waals surface area contributed by atoms with Gasteiger partial charge in [-0.25, -0.2) is 0 Å². The van der Waals surface area contributed by atoms with Gasteiger partial charge in [0.15, 0.2) is 6.29 Å². The Morgan fingerprint density at radius 1 is 0.473 bits per heavy atom. The molecule has 0 saturated carbocycles. The third kappa shape index (κ3) is 42.9. The zero-order chi connectivity index (χ0) is 53.6. The van der Waals surface area contributed by atoms with Crippen LogP contribution in [0.15, 0.2) is 60.8 Å². The number of hydrogen-bond donors (Lipinski definition) is 6. The summed E-state index contributed by atoms with van der Waals surface area (Å²) in [6.45, 7) is 3.67. The SMILES string of the molecule is CC/C=C\C/C=C\C/C=C\C/C=C\CCCCCCCCCCCCCCCCCCCCCCCCCCCCC(=O)NC(COC1OC(CO)C(O)C(O)C1O)C(O)/C=C/CCCCCCCCCCCC. The standard InChI is InChI=1S/C65H119NO8/c1-3-5-7-9-11-13-15-17-18-19-20-21-22-23-24-25-26-27-28-29-30-31-32-33-34-35-36-37-38-39-40-41-42-43-45-47-49-51-53-55-61(69)66-58(57-73-65-64(72)63(71)62(70)60(56-67)74-65)59(68)54-52-50-48-46-44-16-14-12-10-8-6-4-2/h5,7,11,13,17-18,20-21,52,54,58-60,62-65,67-68,70-72H,3-4,6,8-10,12,14-16,19,22-51,53,55-57H2,1-2H3,(H,66,69)/b7-5-,13-11-,18-17-,21-20-,54-52+. The normalized spacial score (nSPS) is 19.4. The topological polar surface area (TPSA) is 149 Å². The number of aliphatic hydroxyl groups excluding tert-OH is 5. The first-order valence-electron chi connectivity index (χ1n) is 31.5. The maximum absolute atomic E-state index is 13.0. The summed E-state index contributed by atoms with van der Waals surface area (Å²) in [5.41, 5.74) is 0. The van der Waals surface area contributed by atoms with Gasteiger partial charge in [0.1, 0.15) is 24.4 Å². The second-order valence-electron chi connectivity index (χ2n) is 21.8. The van der Waals surface area contributed by atoms with Crippen molar-refractivity contribution in [1.29, 1.82) is 0 Å². The summed E-state index contributed by atoms with van der Waals surface area (Å²) in [6, 6.07) is -0.803. The Labute approximate surface area is 456 Å². The molecule has 1 rings (SSSR count). The maximum atomic E-state index is 13.0. The highest BCUT2D eigenvalue weighted by molar-refractivity contribution is 5.76. The first kappa shape index (κ1) is 69.9. The molecule has 1 saturated heterocycles. The number of hydrogen-bond acceptors (Lipinski definition) is 8. The van der Waals surface area contributed by atoms with E-state index in [2.05, 4.69) is 67.8 Å². The first-order valence-corrected chi connectivity index (χ1v) is 31.5. The lowest BCUT2D eigenvalue weighted by molar-refractivity contribution is -0.302. The molecule has 74 heavy (non-hydrogen) atoms. The number of carbonyl (C=O) groups excluding carboxylic acids is 1. The molecule has 0 aromatic heterocycles. The highest BCUT2D eigenvalue weighted by atomic mass is 16.7. The summed E-state index contributed by atoms with van der Waals surface area (Å²) in [7, 11) is 0. The minimum atomic E-state index is -1.57. The fraction of sp³-hybridized carbons (Fsp3) is 0.831. The number of aliphatic hydroxyl groups is 5. The van der Waals surface area contributed by atoms with Gasteiger partial charge in [-0.2, -0.15) is 0 Å². The van der Waals surface area contributed by atoms with E-state index in [1.165, 1.54) is 205 Å².